The molecule has 16 heteroatoms. The molecule has 1 heterocycles. The van der Waals surface area contributed by atoms with Crippen LogP contribution >= 0.6 is 0 Å². The maximum Gasteiger partial charge on any atom is 0.408 e. The summed E-state index contributed by atoms with van der Waals surface area (Å²) in [5.41, 5.74) is 8.71. The highest BCUT2D eigenvalue weighted by atomic mass is 16.5. The van der Waals surface area contributed by atoms with Crippen molar-refractivity contribution >= 4 is 29.8 Å². The molecule has 3 rings (SSSR count). The number of nitrogens with zero attached hydrogens (tertiary/aromatic N) is 1. The number of rotatable bonds is 21. The monoisotopic (exact) mass is 751 g/mol. The number of carboxylic acids is 1. The van der Waals surface area contributed by atoms with Gasteiger partial charge in [-0.3, -0.25) is 14.4 Å². The summed E-state index contributed by atoms with van der Waals surface area (Å²) in [5.74, 6) is -3.59. The number of amides is 4. The molecule has 0 saturated heterocycles. The van der Waals surface area contributed by atoms with Crippen LogP contribution in [0.4, 0.5) is 4.79 Å². The molecule has 0 aliphatic rings. The number of aliphatic carboxylic acids is 1. The number of ether oxygens (including phenoxy) is 1. The highest BCUT2D eigenvalue weighted by Crippen LogP contribution is 2.11. The van der Waals surface area contributed by atoms with Crippen molar-refractivity contribution in [3.05, 3.63) is 95.7 Å². The Morgan fingerprint density at radius 1 is 0.778 bits per heavy atom. The number of nitrogens with one attached hydrogen (secondary N) is 7. The predicted octanol–water partition coefficient (Wildman–Crippen LogP) is 2.35. The zero-order valence-electron chi connectivity index (χ0n) is 31.3. The average molecular weight is 752 g/mol. The van der Waals surface area contributed by atoms with E-state index in [4.69, 9.17) is 15.6 Å². The number of aromatic nitrogens is 2. The van der Waals surface area contributed by atoms with Crippen molar-refractivity contribution in [3.8, 4) is 0 Å². The Morgan fingerprint density at radius 2 is 1.35 bits per heavy atom. The number of carbonyl (C=O) groups excluding carboxylic acids is 4. The van der Waals surface area contributed by atoms with E-state index in [1.165, 1.54) is 12.5 Å². The minimum atomic E-state index is -1.19. The van der Waals surface area contributed by atoms with Crippen LogP contribution < -0.4 is 26.6 Å². The molecule has 0 saturated carbocycles. The second kappa shape index (κ2) is 24.8. The summed E-state index contributed by atoms with van der Waals surface area (Å²) in [5, 5.41) is 31.2. The molecule has 1 aromatic heterocycles. The van der Waals surface area contributed by atoms with Gasteiger partial charge in [-0.1, -0.05) is 88.4 Å². The van der Waals surface area contributed by atoms with Crippen LogP contribution in [-0.2, 0) is 43.4 Å². The Balaban J connectivity index is 0.00000131. The Kier molecular flexibility index (Phi) is 20.6. The molecule has 0 spiro atoms. The summed E-state index contributed by atoms with van der Waals surface area (Å²) in [6.07, 6.45) is 2.45. The first-order valence-corrected chi connectivity index (χ1v) is 17.9. The molecular weight excluding hydrogens is 696 g/mol. The van der Waals surface area contributed by atoms with Gasteiger partial charge in [-0.15, -0.1) is 6.54 Å². The van der Waals surface area contributed by atoms with Gasteiger partial charge < -0.3 is 52.3 Å². The lowest BCUT2D eigenvalue weighted by Gasteiger charge is -2.27. The largest absolute Gasteiger partial charge is 0.676 e. The van der Waals surface area contributed by atoms with Gasteiger partial charge in [0.25, 0.3) is 0 Å². The highest BCUT2D eigenvalue weighted by Gasteiger charge is 2.33. The number of imidazole rings is 1. The standard InChI is InChI=1S/C34H44N6O7.C4H11N2O/c1-21(2)15-26(32(43)40-29(22(3)4)33(44)45)37-31(42)28(17-25-18-35-20-36-25)38-30(41)27(16-23-11-7-5-8-12-23)39-34(46)47-19-24-13-9-6-10-14-24;5-1-2-6-3-4-7/h5-14,18,20-22,26-29H,15-17,19H2,1-4H3,(H,35,36)(H,37,42)(H,38,41)(H,39,46)(H,40,43)(H,44,45);5-7H,1-4H2/q;-1/t26-,27-,28-,29-;/m0./s1. The quantitative estimate of drug-likeness (QED) is 0.0738. The van der Waals surface area contributed by atoms with Crippen LogP contribution in [0.15, 0.2) is 73.2 Å². The molecule has 296 valence electrons. The summed E-state index contributed by atoms with van der Waals surface area (Å²) in [6.45, 7) is 8.91. The fraction of sp³-hybridized carbons (Fsp3) is 0.474. The minimum absolute atomic E-state index is 0.00392. The molecule has 4 amide bonds. The Labute approximate surface area is 316 Å². The summed E-state index contributed by atoms with van der Waals surface area (Å²) in [4.78, 5) is 72.2. The number of benzene rings is 2. The van der Waals surface area contributed by atoms with Crippen LogP contribution in [0.1, 0.15) is 50.9 Å². The minimum Gasteiger partial charge on any atom is -0.676 e. The van der Waals surface area contributed by atoms with Gasteiger partial charge >= 0.3 is 12.1 Å². The maximum atomic E-state index is 13.8. The second-order valence-electron chi connectivity index (χ2n) is 13.3. The van der Waals surface area contributed by atoms with Crippen LogP contribution in [-0.4, -0.2) is 100 Å². The van der Waals surface area contributed by atoms with Gasteiger partial charge in [0.1, 0.15) is 30.8 Å². The van der Waals surface area contributed by atoms with Crippen molar-refractivity contribution in [1.82, 2.24) is 36.6 Å². The highest BCUT2D eigenvalue weighted by molar-refractivity contribution is 5.95. The number of aromatic amines is 1. The fourth-order valence-electron chi connectivity index (χ4n) is 5.10. The maximum absolute atomic E-state index is 13.8. The molecule has 3 aromatic rings. The predicted molar refractivity (Wildman–Crippen MR) is 203 cm³/mol. The first kappa shape index (κ1) is 44.8. The number of alkyl carbamates (subject to hydrolysis) is 1. The molecule has 0 aliphatic carbocycles. The lowest BCUT2D eigenvalue weighted by molar-refractivity contribution is -0.143. The number of H-pyrrole nitrogens is 1. The Morgan fingerprint density at radius 3 is 1.87 bits per heavy atom. The molecule has 4 atom stereocenters. The Hall–Kier alpha value is -5.32. The third kappa shape index (κ3) is 17.5. The first-order valence-electron chi connectivity index (χ1n) is 17.9. The van der Waals surface area contributed by atoms with Gasteiger partial charge in [0.05, 0.1) is 12.9 Å². The fourth-order valence-corrected chi connectivity index (χ4v) is 5.10. The van der Waals surface area contributed by atoms with Crippen LogP contribution in [0.5, 0.6) is 0 Å². The van der Waals surface area contributed by atoms with E-state index in [1.54, 1.807) is 38.1 Å². The smallest absolute Gasteiger partial charge is 0.408 e. The van der Waals surface area contributed by atoms with E-state index in [9.17, 15) is 29.1 Å². The molecule has 9 N–H and O–H groups in total. The van der Waals surface area contributed by atoms with Crippen molar-refractivity contribution < 1.29 is 38.9 Å². The van der Waals surface area contributed by atoms with E-state index >= 15 is 0 Å². The topological polar surface area (TPSA) is 248 Å². The van der Waals surface area contributed by atoms with E-state index in [0.717, 1.165) is 11.1 Å². The van der Waals surface area contributed by atoms with Crippen molar-refractivity contribution in [1.29, 1.82) is 0 Å². The molecular formula is C38H55N8O8-. The molecule has 16 nitrogen and oxygen atoms in total. The number of carbonyl (C=O) groups is 5. The summed E-state index contributed by atoms with van der Waals surface area (Å²) < 4.78 is 5.36. The van der Waals surface area contributed by atoms with Gasteiger partial charge in [0, 0.05) is 31.3 Å². The normalized spacial score (nSPS) is 13.0. The van der Waals surface area contributed by atoms with Crippen LogP contribution in [0.25, 0.3) is 5.73 Å². The zero-order chi connectivity index (χ0) is 39.9. The van der Waals surface area contributed by atoms with E-state index in [0.29, 0.717) is 25.3 Å². The first-order chi connectivity index (χ1) is 25.8. The molecule has 0 fully saturated rings. The van der Waals surface area contributed by atoms with E-state index in [-0.39, 0.29) is 38.4 Å². The van der Waals surface area contributed by atoms with Gasteiger partial charge in [-0.25, -0.2) is 14.6 Å². The van der Waals surface area contributed by atoms with E-state index in [2.05, 4.69) is 36.6 Å². The SMILES string of the molecule is CC(C)C[C@H](NC(=O)[C@H](Cc1cnc[nH]1)NC(=O)[C@H](Cc1ccccc1)NC(=O)OCc1ccccc1)C(=O)N[C@H](C(=O)O)C(C)C.[NH-]CCNCCO. The second-order valence-corrected chi connectivity index (χ2v) is 13.3. The number of aliphatic hydroxyl groups is 1. The van der Waals surface area contributed by atoms with Crippen LogP contribution in [0.2, 0.25) is 0 Å². The van der Waals surface area contributed by atoms with Crippen LogP contribution in [0.3, 0.4) is 0 Å². The summed E-state index contributed by atoms with van der Waals surface area (Å²) >= 11 is 0. The van der Waals surface area contributed by atoms with Gasteiger partial charge in [-0.2, -0.15) is 0 Å². The number of hydrogen-bond donors (Lipinski definition) is 8. The average Bonchev–Trinajstić information content (AvgIpc) is 3.66. The third-order valence-corrected chi connectivity index (χ3v) is 7.88. The molecule has 2 aromatic carbocycles. The van der Waals surface area contributed by atoms with E-state index < -0.39 is 59.9 Å². The lowest BCUT2D eigenvalue weighted by atomic mass is 9.99. The van der Waals surface area contributed by atoms with E-state index in [1.807, 2.05) is 50.2 Å². The number of carboxylic acid groups (broad SMARTS) is 1. The lowest BCUT2D eigenvalue weighted by Crippen LogP contribution is -2.59. The van der Waals surface area contributed by atoms with Crippen LogP contribution in [0, 0.1) is 11.8 Å². The molecule has 0 bridgehead atoms. The van der Waals surface area contributed by atoms with Gasteiger partial charge in [-0.05, 0) is 35.9 Å². The van der Waals surface area contributed by atoms with Crippen molar-refractivity contribution in [2.24, 2.45) is 11.8 Å². The Bertz CT molecular complexity index is 1540. The molecule has 0 aliphatic heterocycles. The van der Waals surface area contributed by atoms with Gasteiger partial charge in [0.2, 0.25) is 17.7 Å². The molecule has 0 unspecified atom stereocenters. The van der Waals surface area contributed by atoms with Gasteiger partial charge in [0.15, 0.2) is 0 Å². The number of aliphatic hydroxyl groups excluding tert-OH is 1. The van der Waals surface area contributed by atoms with Crippen molar-refractivity contribution in [2.75, 3.05) is 26.2 Å². The zero-order valence-corrected chi connectivity index (χ0v) is 31.3. The molecule has 54 heavy (non-hydrogen) atoms. The van der Waals surface area contributed by atoms with Crippen molar-refractivity contribution in [2.45, 2.75) is 77.7 Å². The molecule has 0 radical (unpaired) electrons. The summed E-state index contributed by atoms with van der Waals surface area (Å²) in [6, 6.07) is 13.6. The number of hydrogen-bond acceptors (Lipinski definition) is 9. The summed E-state index contributed by atoms with van der Waals surface area (Å²) in [7, 11) is 0. The van der Waals surface area contributed by atoms with Crippen molar-refractivity contribution in [3.63, 3.8) is 0 Å². The third-order valence-electron chi connectivity index (χ3n) is 7.88.